The van der Waals surface area contributed by atoms with Crippen LogP contribution in [-0.2, 0) is 0 Å². The first-order valence-corrected chi connectivity index (χ1v) is 7.49. The van der Waals surface area contributed by atoms with Crippen molar-refractivity contribution in [2.45, 2.75) is 39.7 Å². The third kappa shape index (κ3) is 4.34. The monoisotopic (exact) mass is 278 g/mol. The lowest BCUT2D eigenvalue weighted by Crippen LogP contribution is -2.37. The molecule has 1 aliphatic rings. The van der Waals surface area contributed by atoms with Gasteiger partial charge in [0, 0.05) is 25.4 Å². The van der Waals surface area contributed by atoms with Crippen LogP contribution in [0.25, 0.3) is 0 Å². The van der Waals surface area contributed by atoms with Crippen LogP contribution >= 0.6 is 0 Å². The summed E-state index contributed by atoms with van der Waals surface area (Å²) in [5.74, 6) is 2.09. The van der Waals surface area contributed by atoms with Crippen LogP contribution in [0.4, 0.5) is 5.95 Å². The zero-order valence-corrected chi connectivity index (χ0v) is 13.0. The first kappa shape index (κ1) is 15.0. The molecular weight excluding hydrogens is 252 g/mol. The number of nitrogens with zero attached hydrogens (tertiary/aromatic N) is 3. The van der Waals surface area contributed by atoms with Gasteiger partial charge in [0.15, 0.2) is 0 Å². The molecule has 5 nitrogen and oxygen atoms in total. The van der Waals surface area contributed by atoms with E-state index in [0.29, 0.717) is 11.8 Å². The van der Waals surface area contributed by atoms with E-state index < -0.39 is 0 Å². The van der Waals surface area contributed by atoms with Crippen LogP contribution in [-0.4, -0.2) is 42.8 Å². The Labute approximate surface area is 121 Å². The lowest BCUT2D eigenvalue weighted by atomic mass is 9.99. The maximum atomic E-state index is 5.69. The fourth-order valence-corrected chi connectivity index (χ4v) is 2.55. The number of ether oxygens (including phenoxy) is 1. The highest BCUT2D eigenvalue weighted by Crippen LogP contribution is 2.18. The molecule has 1 atom stereocenters. The molecule has 0 radical (unpaired) electrons. The Kier molecular flexibility index (Phi) is 5.17. The Morgan fingerprint density at radius 2 is 2.25 bits per heavy atom. The zero-order valence-electron chi connectivity index (χ0n) is 13.0. The second kappa shape index (κ2) is 6.88. The van der Waals surface area contributed by atoms with E-state index in [1.165, 1.54) is 12.8 Å². The average Bonchev–Trinajstić information content (AvgIpc) is 2.38. The Morgan fingerprint density at radius 3 is 2.90 bits per heavy atom. The van der Waals surface area contributed by atoms with Gasteiger partial charge in [0.05, 0.1) is 6.10 Å². The summed E-state index contributed by atoms with van der Waals surface area (Å²) in [5.41, 5.74) is 0.944. The fraction of sp³-hybridized carbons (Fsp3) is 0.733. The van der Waals surface area contributed by atoms with Crippen molar-refractivity contribution < 1.29 is 4.74 Å². The molecule has 1 fully saturated rings. The van der Waals surface area contributed by atoms with E-state index in [1.54, 1.807) is 0 Å². The maximum Gasteiger partial charge on any atom is 0.228 e. The smallest absolute Gasteiger partial charge is 0.228 e. The third-order valence-corrected chi connectivity index (χ3v) is 3.45. The number of rotatable bonds is 5. The van der Waals surface area contributed by atoms with Gasteiger partial charge in [-0.05, 0) is 52.6 Å². The van der Waals surface area contributed by atoms with E-state index in [4.69, 9.17) is 4.74 Å². The number of nitrogens with one attached hydrogen (secondary N) is 1. The normalized spacial score (nSPS) is 19.1. The summed E-state index contributed by atoms with van der Waals surface area (Å²) in [6.45, 7) is 9.22. The SMILES string of the molecule is Cc1cc(OC(C)C)nc(N(C)CC2CCCNC2)n1. The van der Waals surface area contributed by atoms with E-state index in [0.717, 1.165) is 31.3 Å². The van der Waals surface area contributed by atoms with Crippen molar-refractivity contribution in [2.24, 2.45) is 5.92 Å². The number of aromatic nitrogens is 2. The largest absolute Gasteiger partial charge is 0.475 e. The molecule has 1 saturated heterocycles. The minimum atomic E-state index is 0.130. The quantitative estimate of drug-likeness (QED) is 0.893. The van der Waals surface area contributed by atoms with E-state index in [9.17, 15) is 0 Å². The van der Waals surface area contributed by atoms with Crippen molar-refractivity contribution >= 4 is 5.95 Å². The summed E-state index contributed by atoms with van der Waals surface area (Å²) < 4.78 is 5.69. The molecule has 0 amide bonds. The first-order valence-electron chi connectivity index (χ1n) is 7.49. The van der Waals surface area contributed by atoms with Gasteiger partial charge in [0.2, 0.25) is 11.8 Å². The van der Waals surface area contributed by atoms with Gasteiger partial charge in [-0.2, -0.15) is 4.98 Å². The number of piperidine rings is 1. The molecule has 1 unspecified atom stereocenters. The standard InChI is InChI=1S/C15H26N4O/c1-11(2)20-14-8-12(3)17-15(18-14)19(4)10-13-6-5-7-16-9-13/h8,11,13,16H,5-7,9-10H2,1-4H3. The predicted octanol–water partition coefficient (Wildman–Crippen LogP) is 2.01. The van der Waals surface area contributed by atoms with Gasteiger partial charge in [-0.25, -0.2) is 4.98 Å². The molecule has 2 heterocycles. The van der Waals surface area contributed by atoms with E-state index in [1.807, 2.05) is 26.8 Å². The molecule has 1 aromatic rings. The molecule has 0 saturated carbocycles. The molecule has 0 aliphatic carbocycles. The van der Waals surface area contributed by atoms with Gasteiger partial charge < -0.3 is 15.0 Å². The van der Waals surface area contributed by atoms with Gasteiger partial charge in [0.25, 0.3) is 0 Å². The van der Waals surface area contributed by atoms with Gasteiger partial charge in [-0.3, -0.25) is 0 Å². The number of aryl methyl sites for hydroxylation is 1. The lowest BCUT2D eigenvalue weighted by molar-refractivity contribution is 0.232. The highest BCUT2D eigenvalue weighted by atomic mass is 16.5. The molecule has 5 heteroatoms. The second-order valence-corrected chi connectivity index (χ2v) is 5.91. The van der Waals surface area contributed by atoms with Crippen LogP contribution < -0.4 is 15.0 Å². The van der Waals surface area contributed by atoms with Gasteiger partial charge in [-0.1, -0.05) is 0 Å². The van der Waals surface area contributed by atoms with Gasteiger partial charge in [-0.15, -0.1) is 0 Å². The van der Waals surface area contributed by atoms with E-state index in [2.05, 4.69) is 27.2 Å². The number of hydrogen-bond acceptors (Lipinski definition) is 5. The Hall–Kier alpha value is -1.36. The van der Waals surface area contributed by atoms with E-state index >= 15 is 0 Å². The average molecular weight is 278 g/mol. The summed E-state index contributed by atoms with van der Waals surface area (Å²) in [6.07, 6.45) is 2.66. The van der Waals surface area contributed by atoms with E-state index in [-0.39, 0.29) is 6.10 Å². The molecule has 0 aromatic carbocycles. The lowest BCUT2D eigenvalue weighted by Gasteiger charge is -2.28. The van der Waals surface area contributed by atoms with Crippen LogP contribution in [0.15, 0.2) is 6.07 Å². The van der Waals surface area contributed by atoms with Crippen molar-refractivity contribution in [3.05, 3.63) is 11.8 Å². The van der Waals surface area contributed by atoms with Crippen LogP contribution in [0.1, 0.15) is 32.4 Å². The molecule has 112 valence electrons. The Bertz CT molecular complexity index is 430. The van der Waals surface area contributed by atoms with Crippen molar-refractivity contribution in [3.63, 3.8) is 0 Å². The van der Waals surface area contributed by atoms with Crippen LogP contribution in [0.5, 0.6) is 5.88 Å². The molecule has 1 aromatic heterocycles. The zero-order chi connectivity index (χ0) is 14.5. The minimum Gasteiger partial charge on any atom is -0.475 e. The fourth-order valence-electron chi connectivity index (χ4n) is 2.55. The molecule has 0 spiro atoms. The van der Waals surface area contributed by atoms with Crippen LogP contribution in [0, 0.1) is 12.8 Å². The van der Waals surface area contributed by atoms with Crippen LogP contribution in [0.2, 0.25) is 0 Å². The van der Waals surface area contributed by atoms with Crippen LogP contribution in [0.3, 0.4) is 0 Å². The highest BCUT2D eigenvalue weighted by molar-refractivity contribution is 5.33. The van der Waals surface area contributed by atoms with Crippen molar-refractivity contribution in [1.29, 1.82) is 0 Å². The number of anilines is 1. The summed E-state index contributed by atoms with van der Waals surface area (Å²) in [6, 6.07) is 1.89. The minimum absolute atomic E-state index is 0.130. The van der Waals surface area contributed by atoms with Gasteiger partial charge >= 0.3 is 0 Å². The number of hydrogen-bond donors (Lipinski definition) is 1. The summed E-state index contributed by atoms with van der Waals surface area (Å²) >= 11 is 0. The van der Waals surface area contributed by atoms with Crippen molar-refractivity contribution in [2.75, 3.05) is 31.6 Å². The molecule has 1 aliphatic heterocycles. The molecule has 1 N–H and O–H groups in total. The van der Waals surface area contributed by atoms with Crippen molar-refractivity contribution in [3.8, 4) is 5.88 Å². The molecule has 20 heavy (non-hydrogen) atoms. The first-order chi connectivity index (χ1) is 9.54. The van der Waals surface area contributed by atoms with Crippen molar-refractivity contribution in [1.82, 2.24) is 15.3 Å². The Balaban J connectivity index is 2.04. The topological polar surface area (TPSA) is 50.3 Å². The molecule has 2 rings (SSSR count). The summed E-state index contributed by atoms with van der Waals surface area (Å²) in [5, 5.41) is 3.45. The predicted molar refractivity (Wildman–Crippen MR) is 81.4 cm³/mol. The second-order valence-electron chi connectivity index (χ2n) is 5.91. The Morgan fingerprint density at radius 1 is 1.45 bits per heavy atom. The third-order valence-electron chi connectivity index (χ3n) is 3.45. The highest BCUT2D eigenvalue weighted by Gasteiger charge is 2.17. The molecule has 0 bridgehead atoms. The summed E-state index contributed by atoms with van der Waals surface area (Å²) in [4.78, 5) is 11.2. The van der Waals surface area contributed by atoms with Gasteiger partial charge in [0.1, 0.15) is 0 Å². The maximum absolute atomic E-state index is 5.69. The molecular formula is C15H26N4O. The summed E-state index contributed by atoms with van der Waals surface area (Å²) in [7, 11) is 2.06.